The molecule has 0 spiro atoms. The molecule has 0 radical (unpaired) electrons. The van der Waals surface area contributed by atoms with Crippen molar-refractivity contribution in [3.05, 3.63) is 59.2 Å². The van der Waals surface area contributed by atoms with Crippen LogP contribution in [0.5, 0.6) is 0 Å². The molecule has 0 saturated carbocycles. The third-order valence-corrected chi connectivity index (χ3v) is 6.29. The molecule has 1 fully saturated rings. The predicted octanol–water partition coefficient (Wildman–Crippen LogP) is 2.83. The van der Waals surface area contributed by atoms with Crippen LogP contribution in [0.1, 0.15) is 21.5 Å². The van der Waals surface area contributed by atoms with Gasteiger partial charge in [0.2, 0.25) is 0 Å². The van der Waals surface area contributed by atoms with Crippen LogP contribution < -0.4 is 11.1 Å². The number of hydrogen-bond donors (Lipinski definition) is 2. The van der Waals surface area contributed by atoms with Gasteiger partial charge in [0, 0.05) is 31.9 Å². The number of aryl methyl sites for hydroxylation is 2. The van der Waals surface area contributed by atoms with E-state index in [2.05, 4.69) is 30.1 Å². The number of carbonyl (C=O) groups excluding carboxylic acids is 1. The van der Waals surface area contributed by atoms with Crippen LogP contribution in [-0.2, 0) is 4.74 Å². The first kappa shape index (κ1) is 21.4. The molecule has 1 aliphatic heterocycles. The number of nitrogens with one attached hydrogen (secondary N) is 1. The average molecular weight is 445 g/mol. The highest BCUT2D eigenvalue weighted by Crippen LogP contribution is 2.31. The van der Waals surface area contributed by atoms with Gasteiger partial charge in [0.15, 0.2) is 5.65 Å². The molecule has 0 unspecified atom stereocenters. The highest BCUT2D eigenvalue weighted by atomic mass is 16.5. The van der Waals surface area contributed by atoms with Gasteiger partial charge in [-0.25, -0.2) is 9.97 Å². The molecule has 1 aliphatic rings. The van der Waals surface area contributed by atoms with Crippen LogP contribution in [0.4, 0.5) is 5.82 Å². The minimum Gasteiger partial charge on any atom is -0.384 e. The highest BCUT2D eigenvalue weighted by Gasteiger charge is 2.25. The third-order valence-electron chi connectivity index (χ3n) is 6.29. The van der Waals surface area contributed by atoms with Crippen molar-refractivity contribution >= 4 is 33.9 Å². The van der Waals surface area contributed by atoms with Crippen LogP contribution in [0, 0.1) is 13.8 Å². The fourth-order valence-corrected chi connectivity index (χ4v) is 4.25. The second-order valence-electron chi connectivity index (χ2n) is 8.46. The first-order valence-corrected chi connectivity index (χ1v) is 11.3. The molecule has 1 saturated heterocycles. The summed E-state index contributed by atoms with van der Waals surface area (Å²) < 4.78 is 7.22. The van der Waals surface area contributed by atoms with Gasteiger partial charge in [0.05, 0.1) is 24.2 Å². The Hall–Kier alpha value is -3.49. The minimum absolute atomic E-state index is 0.238. The Morgan fingerprint density at radius 3 is 2.52 bits per heavy atom. The minimum atomic E-state index is -0.238. The molecule has 0 bridgehead atoms. The summed E-state index contributed by atoms with van der Waals surface area (Å²) in [5.41, 5.74) is 12.7. The van der Waals surface area contributed by atoms with E-state index in [-0.39, 0.29) is 5.91 Å². The standard InChI is InChI=1S/C25H28N6O2/c1-16-7-8-18(15-17(16)2)31-23(26)21(25(32)27-9-10-30-11-13-33-14-12-30)22-24(31)29-20-6-4-3-5-19(20)28-22/h3-8,15H,9-14,26H2,1-2H3,(H,27,32). The van der Waals surface area contributed by atoms with Crippen molar-refractivity contribution in [2.75, 3.05) is 45.1 Å². The average Bonchev–Trinajstić information content (AvgIpc) is 3.10. The normalized spacial score (nSPS) is 14.7. The number of benzene rings is 2. The van der Waals surface area contributed by atoms with Crippen LogP contribution >= 0.6 is 0 Å². The summed E-state index contributed by atoms with van der Waals surface area (Å²) >= 11 is 0. The lowest BCUT2D eigenvalue weighted by molar-refractivity contribution is 0.0383. The van der Waals surface area contributed by atoms with E-state index >= 15 is 0 Å². The summed E-state index contributed by atoms with van der Waals surface area (Å²) in [6, 6.07) is 13.7. The number of hydrogen-bond acceptors (Lipinski definition) is 6. The van der Waals surface area contributed by atoms with Crippen molar-refractivity contribution in [2.45, 2.75) is 13.8 Å². The van der Waals surface area contributed by atoms with Gasteiger partial charge in [-0.2, -0.15) is 0 Å². The molecule has 0 atom stereocenters. The number of para-hydroxylation sites is 2. The lowest BCUT2D eigenvalue weighted by Gasteiger charge is -2.26. The Labute approximate surface area is 192 Å². The van der Waals surface area contributed by atoms with Crippen LogP contribution in [0.15, 0.2) is 42.5 Å². The van der Waals surface area contributed by atoms with Crippen molar-refractivity contribution in [3.63, 3.8) is 0 Å². The first-order valence-electron chi connectivity index (χ1n) is 11.3. The summed E-state index contributed by atoms with van der Waals surface area (Å²) in [6.07, 6.45) is 0. The summed E-state index contributed by atoms with van der Waals surface area (Å²) in [6.45, 7) is 8.62. The number of fused-ring (bicyclic) bond motifs is 2. The molecule has 0 aliphatic carbocycles. The van der Waals surface area contributed by atoms with Gasteiger partial charge in [-0.15, -0.1) is 0 Å². The van der Waals surface area contributed by atoms with Gasteiger partial charge >= 0.3 is 0 Å². The molecular formula is C25H28N6O2. The lowest BCUT2D eigenvalue weighted by atomic mass is 10.1. The Morgan fingerprint density at radius 2 is 1.79 bits per heavy atom. The maximum absolute atomic E-state index is 13.3. The number of nitrogens with zero attached hydrogens (tertiary/aromatic N) is 4. The van der Waals surface area contributed by atoms with Crippen LogP contribution in [0.25, 0.3) is 27.9 Å². The van der Waals surface area contributed by atoms with Crippen LogP contribution in [0.2, 0.25) is 0 Å². The molecule has 8 nitrogen and oxygen atoms in total. The molecule has 5 rings (SSSR count). The maximum Gasteiger partial charge on any atom is 0.257 e. The maximum atomic E-state index is 13.3. The van der Waals surface area contributed by atoms with Crippen molar-refractivity contribution < 1.29 is 9.53 Å². The largest absolute Gasteiger partial charge is 0.384 e. The van der Waals surface area contributed by atoms with E-state index in [0.29, 0.717) is 29.1 Å². The zero-order chi connectivity index (χ0) is 22.9. The Bertz CT molecular complexity index is 1340. The van der Waals surface area contributed by atoms with Crippen molar-refractivity contribution in [1.82, 2.24) is 24.8 Å². The fourth-order valence-electron chi connectivity index (χ4n) is 4.25. The van der Waals surface area contributed by atoms with Crippen molar-refractivity contribution in [1.29, 1.82) is 0 Å². The number of carbonyl (C=O) groups is 1. The monoisotopic (exact) mass is 444 g/mol. The summed E-state index contributed by atoms with van der Waals surface area (Å²) in [5.74, 6) is 0.102. The number of morpholine rings is 1. The van der Waals surface area contributed by atoms with E-state index in [0.717, 1.165) is 55.1 Å². The predicted molar refractivity (Wildman–Crippen MR) is 130 cm³/mol. The first-order chi connectivity index (χ1) is 16.0. The van der Waals surface area contributed by atoms with Crippen LogP contribution in [0.3, 0.4) is 0 Å². The molecule has 3 heterocycles. The molecule has 170 valence electrons. The lowest BCUT2D eigenvalue weighted by Crippen LogP contribution is -2.41. The van der Waals surface area contributed by atoms with Gasteiger partial charge in [-0.1, -0.05) is 18.2 Å². The molecule has 2 aromatic carbocycles. The zero-order valence-corrected chi connectivity index (χ0v) is 19.0. The molecule has 1 amide bonds. The van der Waals surface area contributed by atoms with Gasteiger partial charge < -0.3 is 15.8 Å². The molecular weight excluding hydrogens is 416 g/mol. The highest BCUT2D eigenvalue weighted by molar-refractivity contribution is 6.11. The van der Waals surface area contributed by atoms with Gasteiger partial charge in [-0.05, 0) is 49.2 Å². The molecule has 8 heteroatoms. The number of amides is 1. The van der Waals surface area contributed by atoms with Crippen molar-refractivity contribution in [3.8, 4) is 5.69 Å². The molecule has 4 aromatic rings. The van der Waals surface area contributed by atoms with E-state index in [1.807, 2.05) is 41.0 Å². The van der Waals surface area contributed by atoms with Gasteiger partial charge in [0.25, 0.3) is 5.91 Å². The topological polar surface area (TPSA) is 98.3 Å². The third kappa shape index (κ3) is 4.03. The molecule has 33 heavy (non-hydrogen) atoms. The number of nitrogens with two attached hydrogens (primary N) is 1. The quantitative estimate of drug-likeness (QED) is 0.491. The summed E-state index contributed by atoms with van der Waals surface area (Å²) in [7, 11) is 0. The van der Waals surface area contributed by atoms with Gasteiger partial charge in [-0.3, -0.25) is 14.3 Å². The number of anilines is 1. The number of ether oxygens (including phenoxy) is 1. The van der Waals surface area contributed by atoms with Crippen molar-refractivity contribution in [2.24, 2.45) is 0 Å². The fraction of sp³-hybridized carbons (Fsp3) is 0.320. The Morgan fingerprint density at radius 1 is 1.06 bits per heavy atom. The smallest absolute Gasteiger partial charge is 0.257 e. The Balaban J connectivity index is 1.56. The summed E-state index contributed by atoms with van der Waals surface area (Å²) in [5, 5.41) is 3.03. The number of rotatable bonds is 5. The zero-order valence-electron chi connectivity index (χ0n) is 19.0. The van der Waals surface area contributed by atoms with E-state index < -0.39 is 0 Å². The van der Waals surface area contributed by atoms with E-state index in [9.17, 15) is 4.79 Å². The molecule has 2 aromatic heterocycles. The van der Waals surface area contributed by atoms with Gasteiger partial charge in [0.1, 0.15) is 16.9 Å². The Kier molecular flexibility index (Phi) is 5.70. The second kappa shape index (κ2) is 8.80. The van der Waals surface area contributed by atoms with E-state index in [4.69, 9.17) is 20.4 Å². The summed E-state index contributed by atoms with van der Waals surface area (Å²) in [4.78, 5) is 25.2. The second-order valence-corrected chi connectivity index (χ2v) is 8.46. The molecule has 3 N–H and O–H groups in total. The SMILES string of the molecule is Cc1ccc(-n2c(N)c(C(=O)NCCN3CCOCC3)c3nc4ccccc4nc32)cc1C. The number of aromatic nitrogens is 3. The van der Waals surface area contributed by atoms with E-state index in [1.165, 1.54) is 5.56 Å². The van der Waals surface area contributed by atoms with E-state index in [1.54, 1.807) is 0 Å². The number of nitrogen functional groups attached to an aromatic ring is 1. The van der Waals surface area contributed by atoms with Crippen LogP contribution in [-0.4, -0.2) is 64.7 Å².